The van der Waals surface area contributed by atoms with E-state index in [-0.39, 0.29) is 11.8 Å². The van der Waals surface area contributed by atoms with Crippen molar-refractivity contribution in [3.8, 4) is 0 Å². The Kier molecular flexibility index (Phi) is 3.76. The molecule has 3 nitrogen and oxygen atoms in total. The van der Waals surface area contributed by atoms with Crippen LogP contribution in [0.4, 0.5) is 0 Å². The number of aliphatic hydroxyl groups is 1. The van der Waals surface area contributed by atoms with Gasteiger partial charge >= 0.3 is 0 Å². The van der Waals surface area contributed by atoms with Gasteiger partial charge in [0.1, 0.15) is 0 Å². The van der Waals surface area contributed by atoms with E-state index in [0.717, 1.165) is 13.1 Å². The van der Waals surface area contributed by atoms with Crippen LogP contribution in [0.5, 0.6) is 0 Å². The number of carbonyl (C=O) groups is 1. The van der Waals surface area contributed by atoms with Crippen LogP contribution in [-0.2, 0) is 4.79 Å². The van der Waals surface area contributed by atoms with E-state index in [1.807, 2.05) is 11.8 Å². The minimum atomic E-state index is -0.602. The lowest BCUT2D eigenvalue weighted by molar-refractivity contribution is -0.163. The lowest BCUT2D eigenvalue weighted by Crippen LogP contribution is -2.62. The van der Waals surface area contributed by atoms with E-state index < -0.39 is 5.60 Å². The molecule has 130 valence electrons. The van der Waals surface area contributed by atoms with Crippen molar-refractivity contribution in [3.63, 3.8) is 0 Å². The maximum atomic E-state index is 12.5. The molecule has 24 heavy (non-hydrogen) atoms. The largest absolute Gasteiger partial charge is 0.390 e. The predicted molar refractivity (Wildman–Crippen MR) is 94.7 cm³/mol. The van der Waals surface area contributed by atoms with Crippen molar-refractivity contribution in [1.82, 2.24) is 4.90 Å². The summed E-state index contributed by atoms with van der Waals surface area (Å²) in [6, 6.07) is 9.02. The average molecular weight is 327 g/mol. The van der Waals surface area contributed by atoms with Crippen LogP contribution >= 0.6 is 0 Å². The number of amides is 1. The molecule has 1 heterocycles. The molecule has 1 amide bonds. The number of benzene rings is 1. The monoisotopic (exact) mass is 327 g/mol. The van der Waals surface area contributed by atoms with Crippen molar-refractivity contribution < 1.29 is 9.90 Å². The summed E-state index contributed by atoms with van der Waals surface area (Å²) in [5, 5.41) is 9.83. The van der Waals surface area contributed by atoms with Crippen molar-refractivity contribution >= 4 is 5.91 Å². The first-order valence-electron chi connectivity index (χ1n) is 9.44. The highest BCUT2D eigenvalue weighted by atomic mass is 16.3. The number of aryl methyl sites for hydroxylation is 1. The summed E-state index contributed by atoms with van der Waals surface area (Å²) in [6.07, 6.45) is 6.29. The molecule has 3 heteroatoms. The normalized spacial score (nSPS) is 32.3. The summed E-state index contributed by atoms with van der Waals surface area (Å²) in [6.45, 7) is 5.87. The Labute approximate surface area is 145 Å². The molecular weight excluding hydrogens is 298 g/mol. The SMILES string of the molecule is Cc1ccc(C2CCC3(CC2)CN(C(=O)C2CC(C)(O)C2)C3)cc1. The Bertz CT molecular complexity index is 610. The van der Waals surface area contributed by atoms with E-state index in [4.69, 9.17) is 0 Å². The fraction of sp³-hybridized carbons (Fsp3) is 0.667. The summed E-state index contributed by atoms with van der Waals surface area (Å²) in [4.78, 5) is 14.5. The second-order valence-electron chi connectivity index (χ2n) is 8.98. The van der Waals surface area contributed by atoms with Gasteiger partial charge in [-0.2, -0.15) is 0 Å². The molecule has 0 unspecified atom stereocenters. The van der Waals surface area contributed by atoms with Gasteiger partial charge in [0.05, 0.1) is 5.60 Å². The average Bonchev–Trinajstić information content (AvgIpc) is 2.50. The topological polar surface area (TPSA) is 40.5 Å². The summed E-state index contributed by atoms with van der Waals surface area (Å²) in [5.41, 5.74) is 2.60. The van der Waals surface area contributed by atoms with Crippen molar-refractivity contribution in [3.05, 3.63) is 35.4 Å². The molecule has 4 rings (SSSR count). The zero-order valence-corrected chi connectivity index (χ0v) is 14.9. The third-order valence-corrected chi connectivity index (χ3v) is 6.68. The molecule has 1 N–H and O–H groups in total. The van der Waals surface area contributed by atoms with Gasteiger partial charge in [0, 0.05) is 24.4 Å². The quantitative estimate of drug-likeness (QED) is 0.901. The summed E-state index contributed by atoms with van der Waals surface area (Å²) < 4.78 is 0. The molecule has 2 saturated carbocycles. The molecule has 0 radical (unpaired) electrons. The second-order valence-corrected chi connectivity index (χ2v) is 8.98. The highest BCUT2D eigenvalue weighted by Gasteiger charge is 2.51. The number of hydrogen-bond acceptors (Lipinski definition) is 2. The van der Waals surface area contributed by atoms with Crippen molar-refractivity contribution in [2.75, 3.05) is 13.1 Å². The highest BCUT2D eigenvalue weighted by molar-refractivity contribution is 5.81. The van der Waals surface area contributed by atoms with Crippen LogP contribution in [0.15, 0.2) is 24.3 Å². The Morgan fingerprint density at radius 2 is 1.71 bits per heavy atom. The standard InChI is InChI=1S/C21H29NO2/c1-15-3-5-16(6-4-15)17-7-9-21(10-8-17)13-22(14-21)19(23)18-11-20(2,24)12-18/h3-6,17-18,24H,7-14H2,1-2H3. The third-order valence-electron chi connectivity index (χ3n) is 6.68. The fourth-order valence-corrected chi connectivity index (χ4v) is 5.07. The van der Waals surface area contributed by atoms with Crippen LogP contribution in [0.3, 0.4) is 0 Å². The molecular formula is C21H29NO2. The molecule has 1 spiro atoms. The number of likely N-dealkylation sites (tertiary alicyclic amines) is 1. The Morgan fingerprint density at radius 1 is 1.12 bits per heavy atom. The van der Waals surface area contributed by atoms with Gasteiger partial charge in [-0.25, -0.2) is 0 Å². The first-order valence-corrected chi connectivity index (χ1v) is 9.44. The Hall–Kier alpha value is -1.35. The summed E-state index contributed by atoms with van der Waals surface area (Å²) in [5.74, 6) is 1.05. The molecule has 2 aliphatic carbocycles. The van der Waals surface area contributed by atoms with Gasteiger partial charge in [0.15, 0.2) is 0 Å². The number of hydrogen-bond donors (Lipinski definition) is 1. The van der Waals surface area contributed by atoms with Gasteiger partial charge in [-0.3, -0.25) is 4.79 Å². The summed E-state index contributed by atoms with van der Waals surface area (Å²) >= 11 is 0. The van der Waals surface area contributed by atoms with E-state index in [2.05, 4.69) is 31.2 Å². The molecule has 3 aliphatic rings. The molecule has 1 aliphatic heterocycles. The van der Waals surface area contributed by atoms with Crippen molar-refractivity contribution in [1.29, 1.82) is 0 Å². The number of carbonyl (C=O) groups excluding carboxylic acids is 1. The van der Waals surface area contributed by atoms with Crippen LogP contribution < -0.4 is 0 Å². The van der Waals surface area contributed by atoms with Crippen LogP contribution in [0.1, 0.15) is 62.5 Å². The minimum Gasteiger partial charge on any atom is -0.390 e. The first-order chi connectivity index (χ1) is 11.4. The summed E-state index contributed by atoms with van der Waals surface area (Å²) in [7, 11) is 0. The van der Waals surface area contributed by atoms with E-state index in [9.17, 15) is 9.90 Å². The lowest BCUT2D eigenvalue weighted by atomic mass is 9.63. The third kappa shape index (κ3) is 2.88. The maximum absolute atomic E-state index is 12.5. The fourth-order valence-electron chi connectivity index (χ4n) is 5.07. The molecule has 1 saturated heterocycles. The van der Waals surface area contributed by atoms with Gasteiger partial charge in [-0.05, 0) is 63.9 Å². The maximum Gasteiger partial charge on any atom is 0.225 e. The molecule has 3 fully saturated rings. The zero-order chi connectivity index (χ0) is 16.9. The minimum absolute atomic E-state index is 0.0706. The second kappa shape index (κ2) is 5.59. The Morgan fingerprint density at radius 3 is 2.25 bits per heavy atom. The highest BCUT2D eigenvalue weighted by Crippen LogP contribution is 2.49. The van der Waals surface area contributed by atoms with Crippen molar-refractivity contribution in [2.45, 2.75) is 63.9 Å². The van der Waals surface area contributed by atoms with Crippen molar-refractivity contribution in [2.24, 2.45) is 11.3 Å². The van der Waals surface area contributed by atoms with Gasteiger partial charge in [-0.15, -0.1) is 0 Å². The smallest absolute Gasteiger partial charge is 0.225 e. The van der Waals surface area contributed by atoms with Crippen LogP contribution in [0.25, 0.3) is 0 Å². The molecule has 0 atom stereocenters. The van der Waals surface area contributed by atoms with Crippen LogP contribution in [-0.4, -0.2) is 34.6 Å². The van der Waals surface area contributed by atoms with E-state index in [1.54, 1.807) is 0 Å². The van der Waals surface area contributed by atoms with Crippen LogP contribution in [0, 0.1) is 18.3 Å². The molecule has 0 aromatic heterocycles. The van der Waals surface area contributed by atoms with E-state index in [1.165, 1.54) is 36.8 Å². The van der Waals surface area contributed by atoms with Gasteiger partial charge in [-0.1, -0.05) is 29.8 Å². The van der Waals surface area contributed by atoms with Gasteiger partial charge < -0.3 is 10.0 Å². The lowest BCUT2D eigenvalue weighted by Gasteiger charge is -2.55. The van der Waals surface area contributed by atoms with Gasteiger partial charge in [0.25, 0.3) is 0 Å². The van der Waals surface area contributed by atoms with E-state index >= 15 is 0 Å². The zero-order valence-electron chi connectivity index (χ0n) is 14.9. The Balaban J connectivity index is 1.28. The molecule has 1 aromatic rings. The predicted octanol–water partition coefficient (Wildman–Crippen LogP) is 3.64. The first kappa shape index (κ1) is 16.1. The number of rotatable bonds is 2. The van der Waals surface area contributed by atoms with Gasteiger partial charge in [0.2, 0.25) is 5.91 Å². The van der Waals surface area contributed by atoms with Crippen LogP contribution in [0.2, 0.25) is 0 Å². The van der Waals surface area contributed by atoms with E-state index in [0.29, 0.717) is 24.2 Å². The molecule has 1 aromatic carbocycles. The molecule has 0 bridgehead atoms. The number of nitrogens with zero attached hydrogens (tertiary/aromatic N) is 1.